The fourth-order valence-electron chi connectivity index (χ4n) is 4.19. The molecule has 29 heavy (non-hydrogen) atoms. The van der Waals surface area contributed by atoms with E-state index in [-0.39, 0.29) is 11.2 Å². The van der Waals surface area contributed by atoms with Gasteiger partial charge in [0.15, 0.2) is 0 Å². The smallest absolute Gasteiger partial charge is 0.280 e. The van der Waals surface area contributed by atoms with E-state index in [2.05, 4.69) is 31.2 Å². The molecule has 0 atom stereocenters. The number of hydrogen-bond donors (Lipinski definition) is 0. The minimum atomic E-state index is -0.270. The zero-order chi connectivity index (χ0) is 20.0. The molecular weight excluding hydrogens is 380 g/mol. The van der Waals surface area contributed by atoms with Crippen LogP contribution in [0.5, 0.6) is 0 Å². The Morgan fingerprint density at radius 3 is 2.41 bits per heavy atom. The predicted molar refractivity (Wildman–Crippen MR) is 119 cm³/mol. The van der Waals surface area contributed by atoms with Crippen LogP contribution in [-0.2, 0) is 19.4 Å². The van der Waals surface area contributed by atoms with Crippen molar-refractivity contribution in [3.05, 3.63) is 97.0 Å². The van der Waals surface area contributed by atoms with E-state index in [1.165, 1.54) is 15.0 Å². The number of hydrogen-bond acceptors (Lipinski definition) is 3. The summed E-state index contributed by atoms with van der Waals surface area (Å²) in [5.74, 6) is 0. The van der Waals surface area contributed by atoms with Gasteiger partial charge in [-0.25, -0.2) is 9.36 Å². The number of nitrogens with zero attached hydrogens (tertiary/aromatic N) is 2. The minimum Gasteiger partial charge on any atom is -0.280 e. The lowest BCUT2D eigenvalue weighted by molar-refractivity contribution is 0.696. The van der Waals surface area contributed by atoms with Crippen molar-refractivity contribution in [2.24, 2.45) is 0 Å². The van der Waals surface area contributed by atoms with Gasteiger partial charge in [-0.15, -0.1) is 11.3 Å². The number of benzene rings is 2. The highest BCUT2D eigenvalue weighted by Gasteiger charge is 2.24. The second-order valence-corrected chi connectivity index (χ2v) is 8.81. The van der Waals surface area contributed by atoms with Crippen molar-refractivity contribution in [3.8, 4) is 5.69 Å². The van der Waals surface area contributed by atoms with Crippen LogP contribution in [0, 0.1) is 6.92 Å². The number of aryl methyl sites for hydroxylation is 3. The molecule has 1 aliphatic carbocycles. The van der Waals surface area contributed by atoms with Gasteiger partial charge in [-0.3, -0.25) is 9.36 Å². The van der Waals surface area contributed by atoms with E-state index in [9.17, 15) is 9.59 Å². The number of fused-ring (bicyclic) bond motifs is 3. The maximum Gasteiger partial charge on any atom is 0.337 e. The average Bonchev–Trinajstić information content (AvgIpc) is 3.13. The maximum absolute atomic E-state index is 13.5. The van der Waals surface area contributed by atoms with Crippen LogP contribution in [0.25, 0.3) is 15.9 Å². The number of rotatable bonds is 3. The van der Waals surface area contributed by atoms with Gasteiger partial charge in [-0.1, -0.05) is 48.0 Å². The van der Waals surface area contributed by atoms with E-state index in [1.54, 1.807) is 15.9 Å². The molecule has 0 aliphatic heterocycles. The van der Waals surface area contributed by atoms with E-state index in [0.717, 1.165) is 47.0 Å². The number of thiophene rings is 1. The zero-order valence-corrected chi connectivity index (χ0v) is 17.2. The van der Waals surface area contributed by atoms with Gasteiger partial charge in [0.25, 0.3) is 5.56 Å². The Morgan fingerprint density at radius 2 is 1.66 bits per heavy atom. The van der Waals surface area contributed by atoms with E-state index >= 15 is 0 Å². The van der Waals surface area contributed by atoms with Gasteiger partial charge in [-0.05, 0) is 55.9 Å². The average molecular weight is 403 g/mol. The highest BCUT2D eigenvalue weighted by atomic mass is 32.1. The largest absolute Gasteiger partial charge is 0.337 e. The molecule has 0 radical (unpaired) electrons. The Labute approximate surface area is 172 Å². The van der Waals surface area contributed by atoms with Crippen molar-refractivity contribution in [2.75, 3.05) is 0 Å². The van der Waals surface area contributed by atoms with E-state index in [4.69, 9.17) is 0 Å². The van der Waals surface area contributed by atoms with Crippen molar-refractivity contribution in [3.63, 3.8) is 0 Å². The molecule has 2 aromatic carbocycles. The van der Waals surface area contributed by atoms with Crippen LogP contribution in [0.2, 0.25) is 0 Å². The summed E-state index contributed by atoms with van der Waals surface area (Å²) in [5, 5.41) is 0.736. The normalized spacial score (nSPS) is 13.6. The molecule has 4 aromatic rings. The third-order valence-corrected chi connectivity index (χ3v) is 7.03. The summed E-state index contributed by atoms with van der Waals surface area (Å²) in [6, 6.07) is 17.5. The lowest BCUT2D eigenvalue weighted by Gasteiger charge is -2.13. The molecule has 0 bridgehead atoms. The fraction of sp³-hybridized carbons (Fsp3) is 0.250. The van der Waals surface area contributed by atoms with E-state index < -0.39 is 0 Å². The Balaban J connectivity index is 1.83. The highest BCUT2D eigenvalue weighted by molar-refractivity contribution is 7.18. The topological polar surface area (TPSA) is 44.0 Å². The van der Waals surface area contributed by atoms with Crippen molar-refractivity contribution in [1.82, 2.24) is 9.13 Å². The third-order valence-electron chi connectivity index (χ3n) is 5.71. The first-order valence-corrected chi connectivity index (χ1v) is 10.9. The van der Waals surface area contributed by atoms with Crippen LogP contribution < -0.4 is 11.2 Å². The molecule has 0 amide bonds. The summed E-state index contributed by atoms with van der Waals surface area (Å²) in [7, 11) is 0. The Bertz CT molecular complexity index is 1310. The van der Waals surface area contributed by atoms with Gasteiger partial charge in [-0.2, -0.15) is 0 Å². The lowest BCUT2D eigenvalue weighted by atomic mass is 9.97. The monoisotopic (exact) mass is 402 g/mol. The first kappa shape index (κ1) is 18.1. The summed E-state index contributed by atoms with van der Waals surface area (Å²) in [6.45, 7) is 2.51. The second kappa shape index (κ2) is 7.16. The molecule has 2 aromatic heterocycles. The molecular formula is C24H22N2O2S. The van der Waals surface area contributed by atoms with Crippen LogP contribution in [0.4, 0.5) is 0 Å². The van der Waals surface area contributed by atoms with Crippen LogP contribution in [0.1, 0.15) is 34.4 Å². The summed E-state index contributed by atoms with van der Waals surface area (Å²) >= 11 is 1.63. The van der Waals surface area contributed by atoms with Crippen LogP contribution >= 0.6 is 11.3 Å². The van der Waals surface area contributed by atoms with Gasteiger partial charge < -0.3 is 0 Å². The van der Waals surface area contributed by atoms with Crippen LogP contribution in [0.3, 0.4) is 0 Å². The summed E-state index contributed by atoms with van der Waals surface area (Å²) < 4.78 is 3.13. The first-order valence-electron chi connectivity index (χ1n) is 10.0. The molecule has 0 spiro atoms. The van der Waals surface area contributed by atoms with E-state index in [1.807, 2.05) is 30.3 Å². The lowest BCUT2D eigenvalue weighted by Crippen LogP contribution is -2.39. The molecule has 1 aliphatic rings. The molecule has 5 heteroatoms. The summed E-state index contributed by atoms with van der Waals surface area (Å²) in [5.41, 5.74) is 3.57. The van der Waals surface area contributed by atoms with Crippen LogP contribution in [-0.4, -0.2) is 9.13 Å². The SMILES string of the molecule is Cc1ccc(Cn2c(=O)n(-c3ccccc3)c(=O)c3c4c(sc32)CCCC4)cc1. The first-order chi connectivity index (χ1) is 14.1. The van der Waals surface area contributed by atoms with Crippen molar-refractivity contribution < 1.29 is 0 Å². The minimum absolute atomic E-state index is 0.184. The molecule has 146 valence electrons. The molecule has 5 rings (SSSR count). The maximum atomic E-state index is 13.5. The van der Waals surface area contributed by atoms with Gasteiger partial charge in [0.05, 0.1) is 17.6 Å². The Hall–Kier alpha value is -2.92. The fourth-order valence-corrected chi connectivity index (χ4v) is 5.56. The standard InChI is InChI=1S/C24H22N2O2S/c1-16-11-13-17(14-12-16)15-25-23-21(19-9-5-6-10-20(19)29-23)22(27)26(24(25)28)18-7-3-2-4-8-18/h2-4,7-8,11-14H,5-6,9-10,15H2,1H3. The predicted octanol–water partition coefficient (Wildman–Crippen LogP) is 4.45. The zero-order valence-electron chi connectivity index (χ0n) is 16.4. The molecule has 0 unspecified atom stereocenters. The van der Waals surface area contributed by atoms with Crippen LogP contribution in [0.15, 0.2) is 64.2 Å². The molecule has 0 saturated carbocycles. The third kappa shape index (κ3) is 3.06. The van der Waals surface area contributed by atoms with Crippen molar-refractivity contribution >= 4 is 21.6 Å². The van der Waals surface area contributed by atoms with Gasteiger partial charge in [0.2, 0.25) is 0 Å². The molecule has 2 heterocycles. The summed E-state index contributed by atoms with van der Waals surface area (Å²) in [6.07, 6.45) is 4.16. The van der Waals surface area contributed by atoms with Gasteiger partial charge in [0.1, 0.15) is 4.83 Å². The number of aromatic nitrogens is 2. The molecule has 0 fully saturated rings. The van der Waals surface area contributed by atoms with Crippen molar-refractivity contribution in [1.29, 1.82) is 0 Å². The highest BCUT2D eigenvalue weighted by Crippen LogP contribution is 2.34. The molecule has 4 nitrogen and oxygen atoms in total. The molecule has 0 saturated heterocycles. The van der Waals surface area contributed by atoms with Crippen molar-refractivity contribution in [2.45, 2.75) is 39.2 Å². The number of para-hydroxylation sites is 1. The Kier molecular flexibility index (Phi) is 4.47. The Morgan fingerprint density at radius 1 is 0.931 bits per heavy atom. The van der Waals surface area contributed by atoms with E-state index in [0.29, 0.717) is 12.2 Å². The summed E-state index contributed by atoms with van der Waals surface area (Å²) in [4.78, 5) is 29.1. The quantitative estimate of drug-likeness (QED) is 0.508. The second-order valence-electron chi connectivity index (χ2n) is 7.72. The molecule has 0 N–H and O–H groups in total. The van der Waals surface area contributed by atoms with Gasteiger partial charge >= 0.3 is 5.69 Å². The van der Waals surface area contributed by atoms with Gasteiger partial charge in [0, 0.05) is 4.88 Å².